The number of carbonyl (C=O) groups is 2. The van der Waals surface area contributed by atoms with E-state index in [1.165, 1.54) is 11.1 Å². The number of ketones is 1. The molecule has 0 atom stereocenters. The quantitative estimate of drug-likeness (QED) is 0.569. The van der Waals surface area contributed by atoms with Crippen molar-refractivity contribution >= 4 is 11.8 Å². The van der Waals surface area contributed by atoms with Crippen molar-refractivity contribution in [2.24, 2.45) is 0 Å². The fourth-order valence-corrected chi connectivity index (χ4v) is 0.646. The number of carboxylic acid groups (broad SMARTS) is 1. The molecule has 0 aliphatic rings. The molecule has 25 heavy (non-hydrogen) atoms. The molecule has 0 aliphatic carbocycles. The minimum atomic E-state index is -1.06. The van der Waals surface area contributed by atoms with E-state index in [2.05, 4.69) is 6.92 Å². The van der Waals surface area contributed by atoms with Crippen LogP contribution in [-0.2, 0) is 34.3 Å². The van der Waals surface area contributed by atoms with Crippen LogP contribution >= 0.6 is 0 Å². The Labute approximate surface area is 169 Å². The molecule has 7 heteroatoms. The number of Topliss-reactive ketones (excluding diaryl/α,β-unsaturated/α-hetero) is 1. The van der Waals surface area contributed by atoms with Crippen molar-refractivity contribution in [3.05, 3.63) is 0 Å². The Morgan fingerprint density at radius 2 is 1.04 bits per heavy atom. The third kappa shape index (κ3) is 117. The molecule has 0 heterocycles. The first-order chi connectivity index (χ1) is 11.8. The van der Waals surface area contributed by atoms with Gasteiger partial charge >= 0.3 is 41.7 Å². The Balaban J connectivity index is -0.0000000683. The minimum absolute atomic E-state index is 0.0938. The summed E-state index contributed by atoms with van der Waals surface area (Å²) in [5.74, 6) is -1.37. The fourth-order valence-electron chi connectivity index (χ4n) is 0.646. The van der Waals surface area contributed by atoms with Gasteiger partial charge in [-0.2, -0.15) is 0 Å². The van der Waals surface area contributed by atoms with Gasteiger partial charge in [0.1, 0.15) is 12.2 Å². The average Bonchev–Trinajstić information content (AvgIpc) is 2.51. The zero-order chi connectivity index (χ0) is 20.9. The topological polar surface area (TPSA) is 124 Å². The molecule has 0 radical (unpaired) electrons. The molecule has 0 aliphatic heterocycles. The summed E-state index contributed by atoms with van der Waals surface area (Å²) >= 11 is 1.64. The number of rotatable bonds is 8. The van der Waals surface area contributed by atoms with Crippen LogP contribution in [0, 0.1) is 0 Å². The molecule has 0 saturated carbocycles. The summed E-state index contributed by atoms with van der Waals surface area (Å²) in [6, 6.07) is 0. The summed E-state index contributed by atoms with van der Waals surface area (Å²) < 4.78 is 1.34. The van der Waals surface area contributed by atoms with E-state index < -0.39 is 5.97 Å². The molecule has 0 aromatic carbocycles. The van der Waals surface area contributed by atoms with E-state index in [0.29, 0.717) is 0 Å². The monoisotopic (exact) mass is 440 g/mol. The second kappa shape index (κ2) is 43.9. The summed E-state index contributed by atoms with van der Waals surface area (Å²) in [6.07, 6.45) is 5.23. The molecule has 6 nitrogen and oxygen atoms in total. The molecule has 150 valence electrons. The van der Waals surface area contributed by atoms with E-state index >= 15 is 0 Å². The molecule has 0 aromatic rings. The third-order valence-electron chi connectivity index (χ3n) is 1.89. The van der Waals surface area contributed by atoms with Crippen molar-refractivity contribution in [1.82, 2.24) is 0 Å². The van der Waals surface area contributed by atoms with Crippen molar-refractivity contribution < 1.29 is 54.7 Å². The second-order valence-electron chi connectivity index (χ2n) is 4.80. The van der Waals surface area contributed by atoms with E-state index in [9.17, 15) is 24.9 Å². The Bertz CT molecular complexity index is 193. The fraction of sp³-hybridized carbons (Fsp3) is 0.889. The van der Waals surface area contributed by atoms with Crippen molar-refractivity contribution in [3.8, 4) is 0 Å². The summed E-state index contributed by atoms with van der Waals surface area (Å²) in [4.78, 5) is 19.5. The van der Waals surface area contributed by atoms with Crippen LogP contribution in [-0.4, -0.2) is 36.7 Å². The van der Waals surface area contributed by atoms with E-state index in [1.807, 2.05) is 20.8 Å². The standard InChI is InChI=1S/C4H6O3.3C4H9O.C2H5.Zr/c1-3(5)2-4(6)7;3*1-2-3-4-5;1-2;/h2H2,1H3,(H,6,7);3*2-4H2,1H3;1H2,2H3;/q;3*-1;;+3. The van der Waals surface area contributed by atoms with Crippen molar-refractivity contribution in [1.29, 1.82) is 0 Å². The average molecular weight is 442 g/mol. The molecule has 1 N–H and O–H groups in total. The normalized spacial score (nSPS) is 8.08. The SMILES string of the molecule is CC(=O)CC(=O)O.CCCC[O-].CCCC[O-].CCCC[O-].C[CH2][Zr+3]. The van der Waals surface area contributed by atoms with Gasteiger partial charge in [-0.3, -0.25) is 9.59 Å². The maximum atomic E-state index is 9.87. The Hall–Kier alpha value is -0.0969. The van der Waals surface area contributed by atoms with E-state index in [4.69, 9.17) is 5.11 Å². The van der Waals surface area contributed by atoms with Gasteiger partial charge in [0.15, 0.2) is 0 Å². The number of hydrogen-bond donors (Lipinski definition) is 1. The van der Waals surface area contributed by atoms with E-state index in [0.717, 1.165) is 38.5 Å². The van der Waals surface area contributed by atoms with Gasteiger partial charge < -0.3 is 20.4 Å². The first kappa shape index (κ1) is 35.9. The zero-order valence-electron chi connectivity index (χ0n) is 16.8. The number of hydrogen-bond acceptors (Lipinski definition) is 5. The van der Waals surface area contributed by atoms with Gasteiger partial charge in [-0.05, 0) is 6.92 Å². The molecule has 0 aromatic heterocycles. The summed E-state index contributed by atoms with van der Waals surface area (Å²) in [6.45, 7) is 9.73. The van der Waals surface area contributed by atoms with Crippen LogP contribution < -0.4 is 15.3 Å². The second-order valence-corrected chi connectivity index (χ2v) is 6.54. The van der Waals surface area contributed by atoms with Crippen LogP contribution in [0.25, 0.3) is 0 Å². The van der Waals surface area contributed by atoms with Crippen LogP contribution in [0.4, 0.5) is 0 Å². The Kier molecular flexibility index (Phi) is 63.1. The van der Waals surface area contributed by atoms with Gasteiger partial charge in [0.05, 0.1) is 0 Å². The zero-order valence-corrected chi connectivity index (χ0v) is 19.2. The van der Waals surface area contributed by atoms with E-state index in [1.54, 1.807) is 24.7 Å². The molecule has 0 spiro atoms. The molecular weight excluding hydrogens is 403 g/mol. The molecule has 0 fully saturated rings. The van der Waals surface area contributed by atoms with Gasteiger partial charge in [-0.1, -0.05) is 59.3 Å². The first-order valence-corrected chi connectivity index (χ1v) is 10.6. The molecule has 0 unspecified atom stereocenters. The van der Waals surface area contributed by atoms with Gasteiger partial charge in [-0.25, -0.2) is 0 Å². The number of carboxylic acids is 1. The summed E-state index contributed by atoms with van der Waals surface area (Å²) in [7, 11) is 0. The van der Waals surface area contributed by atoms with Gasteiger partial charge in [0.2, 0.25) is 0 Å². The molecule has 0 amide bonds. The number of carbonyl (C=O) groups excluding carboxylic acids is 1. The Morgan fingerprint density at radius 1 is 0.800 bits per heavy atom. The summed E-state index contributed by atoms with van der Waals surface area (Å²) in [5, 5.41) is 36.5. The molecular formula is C18H38O6Zr. The van der Waals surface area contributed by atoms with Crippen LogP contribution in [0.2, 0.25) is 4.13 Å². The van der Waals surface area contributed by atoms with E-state index in [-0.39, 0.29) is 32.0 Å². The van der Waals surface area contributed by atoms with Crippen LogP contribution in [0.1, 0.15) is 79.6 Å². The van der Waals surface area contributed by atoms with Crippen LogP contribution in [0.15, 0.2) is 0 Å². The predicted molar refractivity (Wildman–Crippen MR) is 92.7 cm³/mol. The number of unbranched alkanes of at least 4 members (excludes halogenated alkanes) is 3. The molecule has 0 saturated heterocycles. The summed E-state index contributed by atoms with van der Waals surface area (Å²) in [5.41, 5.74) is 0. The third-order valence-corrected chi connectivity index (χ3v) is 1.89. The van der Waals surface area contributed by atoms with Gasteiger partial charge in [-0.15, -0.1) is 19.8 Å². The van der Waals surface area contributed by atoms with Crippen LogP contribution in [0.3, 0.4) is 0 Å². The van der Waals surface area contributed by atoms with Crippen molar-refractivity contribution in [2.75, 3.05) is 19.8 Å². The Morgan fingerprint density at radius 3 is 1.04 bits per heavy atom. The first-order valence-electron chi connectivity index (χ1n) is 8.89. The molecule has 0 bridgehead atoms. The van der Waals surface area contributed by atoms with Crippen molar-refractivity contribution in [3.63, 3.8) is 0 Å². The van der Waals surface area contributed by atoms with Gasteiger partial charge in [0.25, 0.3) is 0 Å². The maximum absolute atomic E-state index is 9.87. The number of aliphatic carboxylic acids is 1. The van der Waals surface area contributed by atoms with Gasteiger partial charge in [0, 0.05) is 0 Å². The predicted octanol–water partition coefficient (Wildman–Crippen LogP) is 1.46. The molecule has 0 rings (SSSR count). The van der Waals surface area contributed by atoms with Crippen molar-refractivity contribution in [2.45, 2.75) is 83.7 Å². The van der Waals surface area contributed by atoms with Crippen LogP contribution in [0.5, 0.6) is 0 Å².